The molecule has 3 rings (SSSR count). The summed E-state index contributed by atoms with van der Waals surface area (Å²) in [5, 5.41) is 6.00. The first-order valence-electron chi connectivity index (χ1n) is 8.53. The van der Waals surface area contributed by atoms with E-state index in [1.54, 1.807) is 11.8 Å². The summed E-state index contributed by atoms with van der Waals surface area (Å²) in [5.74, 6) is -0.595. The predicted molar refractivity (Wildman–Crippen MR) is 92.8 cm³/mol. The molecule has 2 atom stereocenters. The Morgan fingerprint density at radius 1 is 1.28 bits per heavy atom. The number of carbonyl (C=O) groups is 3. The fourth-order valence-corrected chi connectivity index (χ4v) is 3.32. The maximum Gasteiger partial charge on any atom is 0.325 e. The summed E-state index contributed by atoms with van der Waals surface area (Å²) in [6.07, 6.45) is 0. The van der Waals surface area contributed by atoms with Gasteiger partial charge in [0.15, 0.2) is 0 Å². The molecule has 0 aliphatic carbocycles. The van der Waals surface area contributed by atoms with Crippen molar-refractivity contribution in [3.8, 4) is 0 Å². The number of rotatable bonds is 3. The van der Waals surface area contributed by atoms with E-state index in [2.05, 4.69) is 10.6 Å². The summed E-state index contributed by atoms with van der Waals surface area (Å²) in [5.41, 5.74) is 0.646. The third-order valence-electron chi connectivity index (χ3n) is 4.92. The van der Waals surface area contributed by atoms with E-state index in [1.807, 2.05) is 38.1 Å². The lowest BCUT2D eigenvalue weighted by Crippen LogP contribution is -2.54. The summed E-state index contributed by atoms with van der Waals surface area (Å²) in [4.78, 5) is 40.4. The van der Waals surface area contributed by atoms with Crippen LogP contribution in [0, 0.1) is 6.92 Å². The van der Waals surface area contributed by atoms with Crippen LogP contribution in [0.4, 0.5) is 4.79 Å². The molecule has 4 amide bonds. The average molecular weight is 344 g/mol. The van der Waals surface area contributed by atoms with Gasteiger partial charge in [0.25, 0.3) is 5.91 Å². The lowest BCUT2D eigenvalue weighted by molar-refractivity contribution is -0.139. The molecule has 1 aromatic rings. The molecule has 1 aromatic carbocycles. The SMILES string of the molecule is Cc1ccc(C2(C)NC(=O)N(CC(=O)N3CCNC(C)C3)C2=O)cc1. The van der Waals surface area contributed by atoms with Crippen molar-refractivity contribution < 1.29 is 14.4 Å². The van der Waals surface area contributed by atoms with Gasteiger partial charge < -0.3 is 15.5 Å². The third-order valence-corrected chi connectivity index (χ3v) is 4.92. The second kappa shape index (κ2) is 6.48. The maximum absolute atomic E-state index is 12.9. The van der Waals surface area contributed by atoms with Crippen molar-refractivity contribution in [3.63, 3.8) is 0 Å². The van der Waals surface area contributed by atoms with Gasteiger partial charge in [-0.2, -0.15) is 0 Å². The summed E-state index contributed by atoms with van der Waals surface area (Å²) in [7, 11) is 0. The quantitative estimate of drug-likeness (QED) is 0.786. The molecule has 2 N–H and O–H groups in total. The molecule has 0 bridgehead atoms. The van der Waals surface area contributed by atoms with Crippen molar-refractivity contribution >= 4 is 17.8 Å². The van der Waals surface area contributed by atoms with Crippen LogP contribution in [0.1, 0.15) is 25.0 Å². The maximum atomic E-state index is 12.9. The highest BCUT2D eigenvalue weighted by Crippen LogP contribution is 2.29. The summed E-state index contributed by atoms with van der Waals surface area (Å²) >= 11 is 0. The summed E-state index contributed by atoms with van der Waals surface area (Å²) in [6, 6.07) is 7.14. The number of imide groups is 1. The minimum absolute atomic E-state index is 0.204. The number of nitrogens with zero attached hydrogens (tertiary/aromatic N) is 2. The predicted octanol–water partition coefficient (Wildman–Crippen LogP) is 0.582. The van der Waals surface area contributed by atoms with Crippen molar-refractivity contribution in [1.82, 2.24) is 20.4 Å². The van der Waals surface area contributed by atoms with Gasteiger partial charge in [0.05, 0.1) is 0 Å². The number of nitrogens with one attached hydrogen (secondary N) is 2. The molecule has 134 valence electrons. The van der Waals surface area contributed by atoms with Gasteiger partial charge >= 0.3 is 6.03 Å². The summed E-state index contributed by atoms with van der Waals surface area (Å²) < 4.78 is 0. The first kappa shape index (κ1) is 17.4. The van der Waals surface area contributed by atoms with E-state index in [-0.39, 0.29) is 18.5 Å². The molecule has 2 aliphatic rings. The van der Waals surface area contributed by atoms with Gasteiger partial charge in [-0.3, -0.25) is 14.5 Å². The van der Waals surface area contributed by atoms with E-state index in [0.29, 0.717) is 25.2 Å². The second-order valence-corrected chi connectivity index (χ2v) is 7.01. The van der Waals surface area contributed by atoms with E-state index in [0.717, 1.165) is 10.5 Å². The minimum Gasteiger partial charge on any atom is -0.338 e. The van der Waals surface area contributed by atoms with E-state index < -0.39 is 17.5 Å². The van der Waals surface area contributed by atoms with Gasteiger partial charge in [-0.15, -0.1) is 0 Å². The molecule has 2 fully saturated rings. The molecule has 7 nitrogen and oxygen atoms in total. The molecule has 0 aromatic heterocycles. The molecule has 2 unspecified atom stereocenters. The lowest BCUT2D eigenvalue weighted by atomic mass is 9.91. The van der Waals surface area contributed by atoms with Gasteiger partial charge in [0.2, 0.25) is 5.91 Å². The highest BCUT2D eigenvalue weighted by Gasteiger charge is 2.49. The molecular weight excluding hydrogens is 320 g/mol. The van der Waals surface area contributed by atoms with Gasteiger partial charge in [0, 0.05) is 25.7 Å². The van der Waals surface area contributed by atoms with E-state index in [1.165, 1.54) is 0 Å². The van der Waals surface area contributed by atoms with Gasteiger partial charge in [0.1, 0.15) is 12.1 Å². The lowest BCUT2D eigenvalue weighted by Gasteiger charge is -2.32. The van der Waals surface area contributed by atoms with Crippen LogP contribution in [0.15, 0.2) is 24.3 Å². The molecule has 0 radical (unpaired) electrons. The second-order valence-electron chi connectivity index (χ2n) is 7.01. The smallest absolute Gasteiger partial charge is 0.325 e. The Balaban J connectivity index is 1.75. The van der Waals surface area contributed by atoms with Crippen molar-refractivity contribution in [2.24, 2.45) is 0 Å². The standard InChI is InChI=1S/C18H24N4O3/c1-12-4-6-14(7-5-12)18(3)16(24)22(17(25)20-18)11-15(23)21-9-8-19-13(2)10-21/h4-7,13,19H,8-11H2,1-3H3,(H,20,25). The van der Waals surface area contributed by atoms with Gasteiger partial charge in [-0.25, -0.2) is 4.79 Å². The zero-order valence-electron chi connectivity index (χ0n) is 14.8. The molecular formula is C18H24N4O3. The Morgan fingerprint density at radius 3 is 2.60 bits per heavy atom. The van der Waals surface area contributed by atoms with Crippen LogP contribution < -0.4 is 10.6 Å². The zero-order valence-corrected chi connectivity index (χ0v) is 14.8. The number of hydrogen-bond acceptors (Lipinski definition) is 4. The number of aryl methyl sites for hydroxylation is 1. The first-order chi connectivity index (χ1) is 11.8. The fraction of sp³-hybridized carbons (Fsp3) is 0.500. The number of carbonyl (C=O) groups excluding carboxylic acids is 3. The van der Waals surface area contributed by atoms with Crippen LogP contribution in [0.25, 0.3) is 0 Å². The molecule has 2 heterocycles. The zero-order chi connectivity index (χ0) is 18.2. The Labute approximate surface area is 147 Å². The number of amides is 4. The monoisotopic (exact) mass is 344 g/mol. The van der Waals surface area contributed by atoms with Crippen LogP contribution in [0.3, 0.4) is 0 Å². The highest BCUT2D eigenvalue weighted by atomic mass is 16.2. The van der Waals surface area contributed by atoms with Crippen LogP contribution in [-0.2, 0) is 15.1 Å². The number of urea groups is 1. The highest BCUT2D eigenvalue weighted by molar-refractivity contribution is 6.09. The van der Waals surface area contributed by atoms with Crippen molar-refractivity contribution in [2.75, 3.05) is 26.2 Å². The largest absolute Gasteiger partial charge is 0.338 e. The number of benzene rings is 1. The van der Waals surface area contributed by atoms with E-state index >= 15 is 0 Å². The molecule has 25 heavy (non-hydrogen) atoms. The van der Waals surface area contributed by atoms with E-state index in [9.17, 15) is 14.4 Å². The Morgan fingerprint density at radius 2 is 1.96 bits per heavy atom. The molecule has 0 saturated carbocycles. The summed E-state index contributed by atoms with van der Waals surface area (Å²) in [6.45, 7) is 7.30. The Kier molecular flexibility index (Phi) is 4.51. The molecule has 7 heteroatoms. The fourth-order valence-electron chi connectivity index (χ4n) is 3.32. The van der Waals surface area contributed by atoms with Gasteiger partial charge in [-0.1, -0.05) is 29.8 Å². The number of hydrogen-bond donors (Lipinski definition) is 2. The topological polar surface area (TPSA) is 81.8 Å². The van der Waals surface area contributed by atoms with Crippen molar-refractivity contribution in [1.29, 1.82) is 0 Å². The third kappa shape index (κ3) is 3.24. The molecule has 2 saturated heterocycles. The van der Waals surface area contributed by atoms with Crippen molar-refractivity contribution in [2.45, 2.75) is 32.4 Å². The molecule has 0 spiro atoms. The van der Waals surface area contributed by atoms with Crippen LogP contribution >= 0.6 is 0 Å². The molecule has 2 aliphatic heterocycles. The number of piperazine rings is 1. The van der Waals surface area contributed by atoms with Crippen LogP contribution in [0.2, 0.25) is 0 Å². The van der Waals surface area contributed by atoms with E-state index in [4.69, 9.17) is 0 Å². The first-order valence-corrected chi connectivity index (χ1v) is 8.53. The average Bonchev–Trinajstić information content (AvgIpc) is 2.79. The van der Waals surface area contributed by atoms with Crippen molar-refractivity contribution in [3.05, 3.63) is 35.4 Å². The van der Waals surface area contributed by atoms with Gasteiger partial charge in [-0.05, 0) is 26.3 Å². The van der Waals surface area contributed by atoms with Crippen LogP contribution in [-0.4, -0.2) is 59.9 Å². The Hall–Kier alpha value is -2.41. The Bertz CT molecular complexity index is 703. The normalized spacial score (nSPS) is 26.8. The minimum atomic E-state index is -1.14. The van der Waals surface area contributed by atoms with Crippen LogP contribution in [0.5, 0.6) is 0 Å².